The van der Waals surface area contributed by atoms with E-state index in [1.165, 1.54) is 22.7 Å². The van der Waals surface area contributed by atoms with Crippen LogP contribution in [0.4, 0.5) is 0 Å². The smallest absolute Gasteiger partial charge is 0.240 e. The van der Waals surface area contributed by atoms with E-state index >= 15 is 0 Å². The molecule has 20 heavy (non-hydrogen) atoms. The lowest BCUT2D eigenvalue weighted by Crippen LogP contribution is -2.22. The number of sulfonamides is 1. The summed E-state index contributed by atoms with van der Waals surface area (Å²) in [4.78, 5) is 4.40. The Bertz CT molecular complexity index is 821. The van der Waals surface area contributed by atoms with E-state index in [0.29, 0.717) is 8.68 Å². The maximum absolute atomic E-state index is 12.1. The lowest BCUT2D eigenvalue weighted by atomic mass is 10.3. The first-order chi connectivity index (χ1) is 9.56. The summed E-state index contributed by atoms with van der Waals surface area (Å²) in [5, 5.41) is 2.48. The minimum Gasteiger partial charge on any atom is -0.240 e. The summed E-state index contributed by atoms with van der Waals surface area (Å²) in [6.07, 6.45) is 0. The van der Waals surface area contributed by atoms with Crippen molar-refractivity contribution in [2.75, 3.05) is 0 Å². The fourth-order valence-corrected chi connectivity index (χ4v) is 6.06. The number of hydrogen-bond donors (Lipinski definition) is 1. The van der Waals surface area contributed by atoms with Crippen molar-refractivity contribution >= 4 is 58.8 Å². The number of hydrogen-bond acceptors (Lipinski definition) is 5. The van der Waals surface area contributed by atoms with Gasteiger partial charge in [0.05, 0.1) is 16.8 Å². The highest BCUT2D eigenvalue weighted by molar-refractivity contribution is 9.10. The van der Waals surface area contributed by atoms with Crippen LogP contribution in [0.5, 0.6) is 0 Å². The Labute approximate surface area is 132 Å². The number of fused-ring (bicyclic) bond motifs is 1. The summed E-state index contributed by atoms with van der Waals surface area (Å²) in [7, 11) is -3.49. The second kappa shape index (κ2) is 5.53. The summed E-state index contributed by atoms with van der Waals surface area (Å²) < 4.78 is 28.8. The van der Waals surface area contributed by atoms with Crippen molar-refractivity contribution in [3.05, 3.63) is 45.2 Å². The quantitative estimate of drug-likeness (QED) is 0.742. The Morgan fingerprint density at radius 2 is 2.05 bits per heavy atom. The number of nitrogens with zero attached hydrogens (tertiary/aromatic N) is 1. The molecule has 0 spiro atoms. The molecule has 0 unspecified atom stereocenters. The van der Waals surface area contributed by atoms with E-state index in [9.17, 15) is 8.42 Å². The Morgan fingerprint density at radius 3 is 2.75 bits per heavy atom. The molecule has 2 heterocycles. The van der Waals surface area contributed by atoms with E-state index in [-0.39, 0.29) is 6.54 Å². The Hall–Kier alpha value is -0.800. The zero-order valence-electron chi connectivity index (χ0n) is 10.0. The molecule has 0 saturated heterocycles. The maximum Gasteiger partial charge on any atom is 0.251 e. The van der Waals surface area contributed by atoms with Gasteiger partial charge in [0.1, 0.15) is 9.22 Å². The lowest BCUT2D eigenvalue weighted by molar-refractivity contribution is 0.583. The van der Waals surface area contributed by atoms with Crippen LogP contribution in [0.15, 0.2) is 44.4 Å². The van der Waals surface area contributed by atoms with Crippen LogP contribution in [0, 0.1) is 0 Å². The summed E-state index contributed by atoms with van der Waals surface area (Å²) >= 11 is 5.91. The lowest BCUT2D eigenvalue weighted by Gasteiger charge is -2.03. The molecule has 0 atom stereocenters. The van der Waals surface area contributed by atoms with Crippen LogP contribution < -0.4 is 4.72 Å². The van der Waals surface area contributed by atoms with Gasteiger partial charge in [0, 0.05) is 4.47 Å². The number of thiazole rings is 1. The van der Waals surface area contributed by atoms with Gasteiger partial charge >= 0.3 is 0 Å². The Morgan fingerprint density at radius 1 is 1.25 bits per heavy atom. The largest absolute Gasteiger partial charge is 0.251 e. The SMILES string of the molecule is O=S(=O)(NCc1nc2ccccc2s1)c1sccc1Br. The number of aromatic nitrogens is 1. The molecule has 0 aliphatic heterocycles. The fraction of sp³-hybridized carbons (Fsp3) is 0.0833. The van der Waals surface area contributed by atoms with E-state index in [0.717, 1.165) is 15.2 Å². The van der Waals surface area contributed by atoms with Crippen LogP contribution >= 0.6 is 38.6 Å². The van der Waals surface area contributed by atoms with E-state index < -0.39 is 10.0 Å². The molecular weight excluding hydrogens is 380 g/mol. The van der Waals surface area contributed by atoms with Crippen molar-refractivity contribution in [1.82, 2.24) is 9.71 Å². The van der Waals surface area contributed by atoms with Gasteiger partial charge in [0.15, 0.2) is 0 Å². The summed E-state index contributed by atoms with van der Waals surface area (Å²) in [5.41, 5.74) is 0.893. The van der Waals surface area contributed by atoms with Crippen LogP contribution in [-0.4, -0.2) is 13.4 Å². The van der Waals surface area contributed by atoms with E-state index in [1.807, 2.05) is 24.3 Å². The van der Waals surface area contributed by atoms with Crippen molar-refractivity contribution in [3.8, 4) is 0 Å². The summed E-state index contributed by atoms with van der Waals surface area (Å²) in [6, 6.07) is 9.47. The number of nitrogens with one attached hydrogen (secondary N) is 1. The molecule has 8 heteroatoms. The molecule has 1 N–H and O–H groups in total. The molecule has 0 aliphatic rings. The van der Waals surface area contributed by atoms with Crippen molar-refractivity contribution in [2.24, 2.45) is 0 Å². The molecule has 0 bridgehead atoms. The van der Waals surface area contributed by atoms with Gasteiger partial charge in [-0.25, -0.2) is 18.1 Å². The van der Waals surface area contributed by atoms with Crippen LogP contribution in [0.2, 0.25) is 0 Å². The van der Waals surface area contributed by atoms with Crippen LogP contribution in [0.3, 0.4) is 0 Å². The van der Waals surface area contributed by atoms with Gasteiger partial charge in [-0.15, -0.1) is 22.7 Å². The van der Waals surface area contributed by atoms with Crippen molar-refractivity contribution in [1.29, 1.82) is 0 Å². The number of para-hydroxylation sites is 1. The zero-order chi connectivity index (χ0) is 14.2. The third kappa shape index (κ3) is 2.79. The molecule has 3 rings (SSSR count). The average molecular weight is 389 g/mol. The zero-order valence-corrected chi connectivity index (χ0v) is 14.1. The Kier molecular flexibility index (Phi) is 3.91. The van der Waals surface area contributed by atoms with Gasteiger partial charge in [0.2, 0.25) is 0 Å². The van der Waals surface area contributed by atoms with E-state index in [1.54, 1.807) is 11.4 Å². The topological polar surface area (TPSA) is 59.1 Å². The first kappa shape index (κ1) is 14.2. The van der Waals surface area contributed by atoms with Crippen LogP contribution in [0.25, 0.3) is 10.2 Å². The standard InChI is InChI=1S/C12H9BrN2O2S3/c13-8-5-6-18-12(8)20(16,17)14-7-11-15-9-3-1-2-4-10(9)19-11/h1-6,14H,7H2. The molecule has 0 radical (unpaired) electrons. The molecule has 0 amide bonds. The van der Waals surface area contributed by atoms with Gasteiger partial charge in [-0.2, -0.15) is 0 Å². The third-order valence-electron chi connectivity index (χ3n) is 2.58. The monoisotopic (exact) mass is 388 g/mol. The first-order valence-electron chi connectivity index (χ1n) is 5.63. The molecule has 2 aromatic heterocycles. The van der Waals surface area contributed by atoms with Gasteiger partial charge in [0.25, 0.3) is 10.0 Å². The molecule has 4 nitrogen and oxygen atoms in total. The van der Waals surface area contributed by atoms with E-state index in [4.69, 9.17) is 0 Å². The number of halogens is 1. The molecule has 104 valence electrons. The number of thiophene rings is 1. The van der Waals surface area contributed by atoms with Crippen molar-refractivity contribution in [3.63, 3.8) is 0 Å². The van der Waals surface area contributed by atoms with Gasteiger partial charge in [-0.1, -0.05) is 12.1 Å². The fourth-order valence-electron chi connectivity index (χ4n) is 1.69. The first-order valence-corrected chi connectivity index (χ1v) is 9.60. The predicted octanol–water partition coefficient (Wildman–Crippen LogP) is 3.60. The second-order valence-corrected chi connectivity index (χ2v) is 8.80. The highest BCUT2D eigenvalue weighted by Gasteiger charge is 2.19. The minimum absolute atomic E-state index is 0.200. The van der Waals surface area contributed by atoms with Crippen molar-refractivity contribution in [2.45, 2.75) is 10.8 Å². The number of rotatable bonds is 4. The molecule has 0 aliphatic carbocycles. The Balaban J connectivity index is 1.81. The predicted molar refractivity (Wildman–Crippen MR) is 85.7 cm³/mol. The third-order valence-corrected chi connectivity index (χ3v) is 7.69. The molecular formula is C12H9BrN2O2S3. The van der Waals surface area contributed by atoms with Crippen LogP contribution in [0.1, 0.15) is 5.01 Å². The maximum atomic E-state index is 12.1. The summed E-state index contributed by atoms with van der Waals surface area (Å²) in [6.45, 7) is 0.200. The van der Waals surface area contributed by atoms with E-state index in [2.05, 4.69) is 25.6 Å². The molecule has 3 aromatic rings. The highest BCUT2D eigenvalue weighted by atomic mass is 79.9. The van der Waals surface area contributed by atoms with Gasteiger partial charge in [-0.05, 0) is 39.5 Å². The number of benzene rings is 1. The molecule has 0 fully saturated rings. The van der Waals surface area contributed by atoms with Crippen molar-refractivity contribution < 1.29 is 8.42 Å². The molecule has 0 saturated carbocycles. The van der Waals surface area contributed by atoms with Gasteiger partial charge < -0.3 is 0 Å². The van der Waals surface area contributed by atoms with Crippen LogP contribution in [-0.2, 0) is 16.6 Å². The summed E-state index contributed by atoms with van der Waals surface area (Å²) in [5.74, 6) is 0. The normalized spacial score (nSPS) is 12.1. The highest BCUT2D eigenvalue weighted by Crippen LogP contribution is 2.28. The average Bonchev–Trinajstić information content (AvgIpc) is 3.02. The molecule has 1 aromatic carbocycles. The second-order valence-electron chi connectivity index (χ2n) is 3.96. The minimum atomic E-state index is -3.49. The van der Waals surface area contributed by atoms with Gasteiger partial charge in [-0.3, -0.25) is 0 Å².